The molecule has 6 nitrogen and oxygen atoms in total. The molecule has 0 saturated carbocycles. The second kappa shape index (κ2) is 4.64. The zero-order chi connectivity index (χ0) is 13.5. The number of hydrogen-bond acceptors (Lipinski definition) is 5. The summed E-state index contributed by atoms with van der Waals surface area (Å²) in [5, 5.41) is 7.71. The zero-order valence-electron chi connectivity index (χ0n) is 11.0. The lowest BCUT2D eigenvalue weighted by atomic mass is 9.82. The lowest BCUT2D eigenvalue weighted by Crippen LogP contribution is -2.55. The molecule has 1 N–H and O–H groups in total. The minimum atomic E-state index is 0.0464. The van der Waals surface area contributed by atoms with E-state index in [2.05, 4.69) is 15.4 Å². The molecule has 0 amide bonds. The number of fused-ring (bicyclic) bond motifs is 3. The van der Waals surface area contributed by atoms with Gasteiger partial charge in [0.15, 0.2) is 11.4 Å². The lowest BCUT2D eigenvalue weighted by Gasteiger charge is -2.39. The van der Waals surface area contributed by atoms with Gasteiger partial charge in [-0.25, -0.2) is 9.50 Å². The summed E-state index contributed by atoms with van der Waals surface area (Å²) >= 11 is 0. The smallest absolute Gasteiger partial charge is 0.171 e. The topological polar surface area (TPSA) is 68.5 Å². The third-order valence-corrected chi connectivity index (χ3v) is 4.16. The van der Waals surface area contributed by atoms with Gasteiger partial charge in [-0.05, 0) is 18.9 Å². The summed E-state index contributed by atoms with van der Waals surface area (Å²) in [6, 6.07) is 2.40. The van der Waals surface area contributed by atoms with E-state index in [4.69, 9.17) is 4.74 Å². The van der Waals surface area contributed by atoms with Crippen LogP contribution >= 0.6 is 0 Å². The molecule has 2 saturated heterocycles. The molecule has 20 heavy (non-hydrogen) atoms. The van der Waals surface area contributed by atoms with E-state index in [1.165, 1.54) is 0 Å². The van der Waals surface area contributed by atoms with Crippen molar-refractivity contribution in [2.45, 2.75) is 24.9 Å². The summed E-state index contributed by atoms with van der Waals surface area (Å²) in [4.78, 5) is 17.0. The van der Waals surface area contributed by atoms with Crippen LogP contribution in [0.1, 0.15) is 23.2 Å². The average molecular weight is 272 g/mol. The van der Waals surface area contributed by atoms with Gasteiger partial charge in [0, 0.05) is 30.4 Å². The molecule has 2 bridgehead atoms. The Balaban J connectivity index is 1.63. The molecule has 2 unspecified atom stereocenters. The van der Waals surface area contributed by atoms with E-state index < -0.39 is 0 Å². The van der Waals surface area contributed by atoms with Gasteiger partial charge >= 0.3 is 0 Å². The van der Waals surface area contributed by atoms with Crippen LogP contribution in [0, 0.1) is 5.92 Å². The molecule has 6 heteroatoms. The highest BCUT2D eigenvalue weighted by atomic mass is 16.5. The Labute approximate surface area is 116 Å². The maximum atomic E-state index is 12.7. The van der Waals surface area contributed by atoms with Crippen LogP contribution < -0.4 is 5.32 Å². The maximum absolute atomic E-state index is 12.7. The molecule has 0 aromatic carbocycles. The van der Waals surface area contributed by atoms with Crippen LogP contribution in [0.2, 0.25) is 0 Å². The minimum absolute atomic E-state index is 0.0464. The van der Waals surface area contributed by atoms with E-state index in [0.717, 1.165) is 12.8 Å². The molecular weight excluding hydrogens is 256 g/mol. The van der Waals surface area contributed by atoms with Crippen LogP contribution in [-0.4, -0.2) is 45.7 Å². The Hall–Kier alpha value is -1.79. The largest absolute Gasteiger partial charge is 0.378 e. The fraction of sp³-hybridized carbons (Fsp3) is 0.500. The van der Waals surface area contributed by atoms with Crippen molar-refractivity contribution >= 4 is 11.4 Å². The van der Waals surface area contributed by atoms with Gasteiger partial charge in [0.25, 0.3) is 0 Å². The molecule has 2 aromatic rings. The molecule has 2 aliphatic heterocycles. The summed E-state index contributed by atoms with van der Waals surface area (Å²) in [6.07, 6.45) is 6.81. The van der Waals surface area contributed by atoms with Gasteiger partial charge in [-0.15, -0.1) is 0 Å². The Morgan fingerprint density at radius 1 is 1.35 bits per heavy atom. The minimum Gasteiger partial charge on any atom is -0.378 e. The van der Waals surface area contributed by atoms with Crippen LogP contribution in [0.5, 0.6) is 0 Å². The number of piperidine rings is 1. The van der Waals surface area contributed by atoms with Crippen LogP contribution in [-0.2, 0) is 4.74 Å². The van der Waals surface area contributed by atoms with Gasteiger partial charge in [0.05, 0.1) is 25.0 Å². The first-order valence-corrected chi connectivity index (χ1v) is 6.97. The Morgan fingerprint density at radius 3 is 2.95 bits per heavy atom. The number of nitrogens with one attached hydrogen (secondary N) is 1. The van der Waals surface area contributed by atoms with Crippen LogP contribution in [0.15, 0.2) is 24.7 Å². The highest BCUT2D eigenvalue weighted by Crippen LogP contribution is 2.27. The van der Waals surface area contributed by atoms with E-state index in [0.29, 0.717) is 36.5 Å². The van der Waals surface area contributed by atoms with Crippen molar-refractivity contribution in [2.75, 3.05) is 13.2 Å². The van der Waals surface area contributed by atoms with Crippen LogP contribution in [0.3, 0.4) is 0 Å². The van der Waals surface area contributed by atoms with E-state index in [1.54, 1.807) is 23.0 Å². The number of ketones is 1. The fourth-order valence-corrected chi connectivity index (χ4v) is 3.27. The molecular formula is C14H16N4O2. The highest BCUT2D eigenvalue weighted by molar-refractivity contribution is 6.02. The van der Waals surface area contributed by atoms with Crippen LogP contribution in [0.25, 0.3) is 5.65 Å². The Kier molecular flexibility index (Phi) is 2.78. The second-order valence-corrected chi connectivity index (χ2v) is 5.58. The Bertz CT molecular complexity index is 641. The molecule has 0 spiro atoms. The van der Waals surface area contributed by atoms with Crippen molar-refractivity contribution in [3.63, 3.8) is 0 Å². The average Bonchev–Trinajstić information content (AvgIpc) is 2.90. The maximum Gasteiger partial charge on any atom is 0.171 e. The molecule has 0 radical (unpaired) electrons. The van der Waals surface area contributed by atoms with Crippen molar-refractivity contribution in [1.29, 1.82) is 0 Å². The van der Waals surface area contributed by atoms with Gasteiger partial charge < -0.3 is 10.1 Å². The number of morpholine rings is 1. The summed E-state index contributed by atoms with van der Waals surface area (Å²) in [5.74, 6) is 0.210. The predicted molar refractivity (Wildman–Crippen MR) is 71.6 cm³/mol. The molecule has 2 fully saturated rings. The van der Waals surface area contributed by atoms with Gasteiger partial charge in [-0.3, -0.25) is 4.79 Å². The lowest BCUT2D eigenvalue weighted by molar-refractivity contribution is 0.00956. The van der Waals surface area contributed by atoms with Crippen molar-refractivity contribution in [1.82, 2.24) is 19.9 Å². The van der Waals surface area contributed by atoms with E-state index >= 15 is 0 Å². The SMILES string of the molecule is O=C(c1cnn2cccnc12)C1CC2COCC(C1)N2. The number of nitrogens with zero attached hydrogens (tertiary/aromatic N) is 3. The first-order valence-electron chi connectivity index (χ1n) is 6.97. The summed E-state index contributed by atoms with van der Waals surface area (Å²) in [7, 11) is 0. The van der Waals surface area contributed by atoms with Crippen LogP contribution in [0.4, 0.5) is 0 Å². The summed E-state index contributed by atoms with van der Waals surface area (Å²) < 4.78 is 7.17. The Morgan fingerprint density at radius 2 is 2.15 bits per heavy atom. The van der Waals surface area contributed by atoms with Crippen molar-refractivity contribution in [2.24, 2.45) is 5.92 Å². The summed E-state index contributed by atoms with van der Waals surface area (Å²) in [6.45, 7) is 1.40. The number of carbonyl (C=O) groups is 1. The second-order valence-electron chi connectivity index (χ2n) is 5.58. The number of carbonyl (C=O) groups excluding carboxylic acids is 1. The zero-order valence-corrected chi connectivity index (χ0v) is 11.0. The molecule has 2 aromatic heterocycles. The molecule has 104 valence electrons. The van der Waals surface area contributed by atoms with E-state index in [9.17, 15) is 4.79 Å². The first-order chi connectivity index (χ1) is 9.81. The molecule has 2 atom stereocenters. The number of rotatable bonds is 2. The van der Waals surface area contributed by atoms with Crippen molar-refractivity contribution < 1.29 is 9.53 Å². The summed E-state index contributed by atoms with van der Waals surface area (Å²) in [5.41, 5.74) is 1.29. The molecule has 4 heterocycles. The first kappa shape index (κ1) is 12.0. The number of ether oxygens (including phenoxy) is 1. The standard InChI is InChI=1S/C14H16N4O2/c19-13(9-4-10-7-20-8-11(5-9)17-10)12-6-16-18-3-1-2-15-14(12)18/h1-3,6,9-11,17H,4-5,7-8H2. The monoisotopic (exact) mass is 272 g/mol. The van der Waals surface area contributed by atoms with Gasteiger partial charge in [0.2, 0.25) is 0 Å². The third-order valence-electron chi connectivity index (χ3n) is 4.16. The van der Waals surface area contributed by atoms with E-state index in [-0.39, 0.29) is 11.7 Å². The number of hydrogen-bond donors (Lipinski definition) is 1. The number of aromatic nitrogens is 3. The highest BCUT2D eigenvalue weighted by Gasteiger charge is 2.36. The molecule has 0 aliphatic carbocycles. The quantitative estimate of drug-likeness (QED) is 0.814. The fourth-order valence-electron chi connectivity index (χ4n) is 3.27. The predicted octanol–water partition coefficient (Wildman–Crippen LogP) is 0.679. The van der Waals surface area contributed by atoms with Crippen molar-refractivity contribution in [3.8, 4) is 0 Å². The number of Topliss-reactive ketones (excluding diaryl/α,β-unsaturated/α-hetero) is 1. The molecule has 2 aliphatic rings. The van der Waals surface area contributed by atoms with Gasteiger partial charge in [-0.1, -0.05) is 0 Å². The van der Waals surface area contributed by atoms with Gasteiger partial charge in [0.1, 0.15) is 0 Å². The van der Waals surface area contributed by atoms with Crippen molar-refractivity contribution in [3.05, 3.63) is 30.2 Å². The molecule has 4 rings (SSSR count). The van der Waals surface area contributed by atoms with E-state index in [1.807, 2.05) is 6.20 Å². The normalized spacial score (nSPS) is 29.5. The third kappa shape index (κ3) is 1.92. The van der Waals surface area contributed by atoms with Gasteiger partial charge in [-0.2, -0.15) is 5.10 Å².